The van der Waals surface area contributed by atoms with Crippen LogP contribution in [0.4, 0.5) is 5.00 Å². The second kappa shape index (κ2) is 8.07. The lowest BCUT2D eigenvalue weighted by Gasteiger charge is -2.16. The number of thiophene rings is 1. The van der Waals surface area contributed by atoms with Gasteiger partial charge in [-0.3, -0.25) is 15.1 Å². The molecule has 0 aliphatic carbocycles. The Hall–Kier alpha value is -2.47. The lowest BCUT2D eigenvalue weighted by Crippen LogP contribution is -2.11. The van der Waals surface area contributed by atoms with Gasteiger partial charge in [-0.05, 0) is 54.8 Å². The normalized spacial score (nSPS) is 13.6. The minimum atomic E-state index is -0.366. The van der Waals surface area contributed by atoms with E-state index in [4.69, 9.17) is 4.74 Å². The van der Waals surface area contributed by atoms with Crippen molar-refractivity contribution in [2.24, 2.45) is 4.99 Å². The maximum absolute atomic E-state index is 10.8. The zero-order chi connectivity index (χ0) is 17.6. The Morgan fingerprint density at radius 2 is 2.20 bits per heavy atom. The second-order valence-electron chi connectivity index (χ2n) is 5.80. The van der Waals surface area contributed by atoms with Crippen LogP contribution in [0.5, 0.6) is 5.75 Å². The predicted molar refractivity (Wildman–Crippen MR) is 102 cm³/mol. The van der Waals surface area contributed by atoms with E-state index in [2.05, 4.69) is 24.0 Å². The molecule has 1 aliphatic rings. The SMILES string of the molecule is CCCCOc1ccc2c(c1)CCN=C2C=Cc1ccc([N+](=O)[O-])s1. The van der Waals surface area contributed by atoms with E-state index in [1.54, 1.807) is 6.07 Å². The van der Waals surface area contributed by atoms with Crippen LogP contribution in [-0.4, -0.2) is 23.8 Å². The highest BCUT2D eigenvalue weighted by atomic mass is 32.1. The number of hydrogen-bond donors (Lipinski definition) is 0. The molecule has 0 fully saturated rings. The minimum absolute atomic E-state index is 0.152. The molecule has 2 heterocycles. The number of rotatable bonds is 7. The molecule has 0 spiro atoms. The molecule has 1 aromatic carbocycles. The summed E-state index contributed by atoms with van der Waals surface area (Å²) in [5, 5.41) is 10.9. The summed E-state index contributed by atoms with van der Waals surface area (Å²) in [6.45, 7) is 3.64. The van der Waals surface area contributed by atoms with Gasteiger partial charge in [0.25, 0.3) is 0 Å². The number of fused-ring (bicyclic) bond motifs is 1. The Labute approximate surface area is 150 Å². The van der Waals surface area contributed by atoms with Crippen LogP contribution in [0.25, 0.3) is 6.08 Å². The monoisotopic (exact) mass is 356 g/mol. The molecule has 6 heteroatoms. The molecule has 0 amide bonds. The first-order valence-corrected chi connectivity index (χ1v) is 9.22. The molecular weight excluding hydrogens is 336 g/mol. The van der Waals surface area contributed by atoms with Crippen molar-refractivity contribution < 1.29 is 9.66 Å². The third kappa shape index (κ3) is 4.33. The lowest BCUT2D eigenvalue weighted by molar-refractivity contribution is -0.380. The highest BCUT2D eigenvalue weighted by Crippen LogP contribution is 2.26. The number of aliphatic imine (C=N–C) groups is 1. The highest BCUT2D eigenvalue weighted by Gasteiger charge is 2.14. The molecule has 0 saturated heterocycles. The van der Waals surface area contributed by atoms with Gasteiger partial charge in [-0.2, -0.15) is 0 Å². The van der Waals surface area contributed by atoms with E-state index in [-0.39, 0.29) is 9.92 Å². The average Bonchev–Trinajstić information content (AvgIpc) is 3.09. The van der Waals surface area contributed by atoms with Crippen molar-refractivity contribution in [2.45, 2.75) is 26.2 Å². The van der Waals surface area contributed by atoms with Gasteiger partial charge >= 0.3 is 5.00 Å². The number of hydrogen-bond acceptors (Lipinski definition) is 5. The summed E-state index contributed by atoms with van der Waals surface area (Å²) in [7, 11) is 0. The summed E-state index contributed by atoms with van der Waals surface area (Å²) >= 11 is 1.16. The largest absolute Gasteiger partial charge is 0.494 e. The minimum Gasteiger partial charge on any atom is -0.494 e. The van der Waals surface area contributed by atoms with E-state index in [9.17, 15) is 10.1 Å². The number of unbranched alkanes of at least 4 members (excludes halogenated alkanes) is 1. The maximum Gasteiger partial charge on any atom is 0.324 e. The van der Waals surface area contributed by atoms with E-state index < -0.39 is 0 Å². The van der Waals surface area contributed by atoms with Gasteiger partial charge in [0, 0.05) is 23.1 Å². The van der Waals surface area contributed by atoms with Crippen LogP contribution in [-0.2, 0) is 6.42 Å². The van der Waals surface area contributed by atoms with Crippen molar-refractivity contribution in [3.8, 4) is 5.75 Å². The molecule has 130 valence electrons. The lowest BCUT2D eigenvalue weighted by atomic mass is 9.97. The molecule has 0 saturated carbocycles. The number of ether oxygens (including phenoxy) is 1. The molecule has 25 heavy (non-hydrogen) atoms. The van der Waals surface area contributed by atoms with Gasteiger partial charge in [0.15, 0.2) is 0 Å². The molecule has 0 atom stereocenters. The first kappa shape index (κ1) is 17.4. The fourth-order valence-electron chi connectivity index (χ4n) is 2.67. The molecular formula is C19H20N2O3S. The van der Waals surface area contributed by atoms with Crippen LogP contribution >= 0.6 is 11.3 Å². The summed E-state index contributed by atoms with van der Waals surface area (Å²) < 4.78 is 5.78. The highest BCUT2D eigenvalue weighted by molar-refractivity contribution is 7.16. The van der Waals surface area contributed by atoms with Crippen LogP contribution in [0.3, 0.4) is 0 Å². The Kier molecular flexibility index (Phi) is 5.60. The van der Waals surface area contributed by atoms with Crippen molar-refractivity contribution in [1.29, 1.82) is 0 Å². The third-order valence-electron chi connectivity index (χ3n) is 3.98. The second-order valence-corrected chi connectivity index (χ2v) is 6.90. The fraction of sp³-hybridized carbons (Fsp3) is 0.316. The summed E-state index contributed by atoms with van der Waals surface area (Å²) in [6.07, 6.45) is 6.90. The van der Waals surface area contributed by atoms with Crippen LogP contribution in [0, 0.1) is 10.1 Å². The maximum atomic E-state index is 10.8. The molecule has 3 rings (SSSR count). The molecule has 0 unspecified atom stereocenters. The molecule has 1 aromatic heterocycles. The van der Waals surface area contributed by atoms with Gasteiger partial charge in [0.1, 0.15) is 5.75 Å². The third-order valence-corrected chi connectivity index (χ3v) is 4.98. The smallest absolute Gasteiger partial charge is 0.324 e. The summed E-state index contributed by atoms with van der Waals surface area (Å²) in [5.74, 6) is 0.909. The van der Waals surface area contributed by atoms with E-state index in [1.165, 1.54) is 11.6 Å². The summed E-state index contributed by atoms with van der Waals surface area (Å²) in [4.78, 5) is 15.8. The van der Waals surface area contributed by atoms with E-state index in [1.807, 2.05) is 18.2 Å². The van der Waals surface area contributed by atoms with Crippen molar-refractivity contribution >= 4 is 28.1 Å². The predicted octanol–water partition coefficient (Wildman–Crippen LogP) is 4.89. The van der Waals surface area contributed by atoms with E-state index >= 15 is 0 Å². The average molecular weight is 356 g/mol. The van der Waals surface area contributed by atoms with Crippen molar-refractivity contribution in [3.63, 3.8) is 0 Å². The Morgan fingerprint density at radius 1 is 1.32 bits per heavy atom. The van der Waals surface area contributed by atoms with Crippen molar-refractivity contribution in [1.82, 2.24) is 0 Å². The number of allylic oxidation sites excluding steroid dienone is 1. The van der Waals surface area contributed by atoms with Crippen molar-refractivity contribution in [3.05, 3.63) is 62.5 Å². The zero-order valence-electron chi connectivity index (χ0n) is 14.1. The Balaban J connectivity index is 1.74. The molecule has 1 aliphatic heterocycles. The molecule has 0 bridgehead atoms. The van der Waals surface area contributed by atoms with Gasteiger partial charge < -0.3 is 4.74 Å². The first-order chi connectivity index (χ1) is 12.2. The standard InChI is InChI=1S/C19H20N2O3S/c1-2-3-12-24-15-4-7-17-14(13-15)10-11-20-18(17)8-5-16-6-9-19(25-16)21(22)23/h4-9,13H,2-3,10-12H2,1H3. The van der Waals surface area contributed by atoms with Gasteiger partial charge in [-0.15, -0.1) is 0 Å². The number of nitrogens with zero attached hydrogens (tertiary/aromatic N) is 2. The molecule has 0 N–H and O–H groups in total. The van der Waals surface area contributed by atoms with Crippen LogP contribution in [0.15, 0.2) is 41.4 Å². The van der Waals surface area contributed by atoms with Gasteiger partial charge in [0.2, 0.25) is 0 Å². The number of nitro groups is 1. The fourth-order valence-corrected chi connectivity index (χ4v) is 3.39. The summed E-state index contributed by atoms with van der Waals surface area (Å²) in [5.41, 5.74) is 3.26. The van der Waals surface area contributed by atoms with Crippen LogP contribution < -0.4 is 4.74 Å². The quantitative estimate of drug-likeness (QED) is 0.403. The molecule has 2 aromatic rings. The Morgan fingerprint density at radius 3 is 2.96 bits per heavy atom. The molecule has 0 radical (unpaired) electrons. The van der Waals surface area contributed by atoms with Gasteiger partial charge in [-0.25, -0.2) is 0 Å². The van der Waals surface area contributed by atoms with E-state index in [0.717, 1.165) is 65.7 Å². The zero-order valence-corrected chi connectivity index (χ0v) is 14.9. The van der Waals surface area contributed by atoms with E-state index in [0.29, 0.717) is 0 Å². The van der Waals surface area contributed by atoms with Crippen LogP contribution in [0.1, 0.15) is 35.8 Å². The van der Waals surface area contributed by atoms with Gasteiger partial charge in [0.05, 0.1) is 17.2 Å². The van der Waals surface area contributed by atoms with Gasteiger partial charge in [-0.1, -0.05) is 24.7 Å². The van der Waals surface area contributed by atoms with Crippen LogP contribution in [0.2, 0.25) is 0 Å². The first-order valence-electron chi connectivity index (χ1n) is 8.40. The Bertz CT molecular complexity index is 824. The summed E-state index contributed by atoms with van der Waals surface area (Å²) in [6, 6.07) is 9.42. The number of benzene rings is 1. The van der Waals surface area contributed by atoms with Crippen molar-refractivity contribution in [2.75, 3.05) is 13.2 Å². The topological polar surface area (TPSA) is 64.7 Å². The molecule has 5 nitrogen and oxygen atoms in total.